The molecule has 25 heavy (non-hydrogen) atoms. The third kappa shape index (κ3) is 4.27. The Hall–Kier alpha value is -1.30. The smallest absolute Gasteiger partial charge is 0.251 e. The van der Waals surface area contributed by atoms with E-state index in [-0.39, 0.29) is 16.9 Å². The van der Waals surface area contributed by atoms with Crippen LogP contribution in [0.25, 0.3) is 0 Å². The Balaban J connectivity index is 1.65. The van der Waals surface area contributed by atoms with Crippen LogP contribution in [0.4, 0.5) is 0 Å². The summed E-state index contributed by atoms with van der Waals surface area (Å²) in [6.07, 6.45) is 5.12. The maximum Gasteiger partial charge on any atom is 0.251 e. The van der Waals surface area contributed by atoms with Crippen molar-refractivity contribution in [2.75, 3.05) is 12.3 Å². The van der Waals surface area contributed by atoms with Gasteiger partial charge in [-0.1, -0.05) is 45.9 Å². The van der Waals surface area contributed by atoms with Gasteiger partial charge in [-0.25, -0.2) is 4.98 Å². The average molecular weight is 364 g/mol. The number of amides is 1. The van der Waals surface area contributed by atoms with Crippen molar-refractivity contribution in [1.82, 2.24) is 14.9 Å². The summed E-state index contributed by atoms with van der Waals surface area (Å²) >= 11 is 1.34. The van der Waals surface area contributed by atoms with Gasteiger partial charge in [0.25, 0.3) is 5.56 Å². The third-order valence-electron chi connectivity index (χ3n) is 5.35. The topological polar surface area (TPSA) is 66.1 Å². The van der Waals surface area contributed by atoms with Crippen LogP contribution in [0.3, 0.4) is 0 Å². The molecule has 3 rings (SSSR count). The normalized spacial score (nSPS) is 27.5. The van der Waals surface area contributed by atoms with Crippen LogP contribution in [0.5, 0.6) is 0 Å². The summed E-state index contributed by atoms with van der Waals surface area (Å²) in [5.74, 6) is 0.505. The molecule has 138 valence electrons. The number of carbonyl (C=O) groups is 1. The summed E-state index contributed by atoms with van der Waals surface area (Å²) < 4.78 is 0. The number of aromatic amines is 1. The molecule has 2 aliphatic rings. The molecule has 1 N–H and O–H groups in total. The standard InChI is InChI=1S/C19H29N3O2S/c1-5-6-13-7-15(23)21-17(20-13)25-10-16(24)22-12-19(4)9-14(22)8-18(2,3)11-19/h7,14H,5-6,8-12H2,1-4H3,(H,20,21,23)/t14-,19-/m1/s1. The van der Waals surface area contributed by atoms with Crippen molar-refractivity contribution in [3.63, 3.8) is 0 Å². The third-order valence-corrected chi connectivity index (χ3v) is 6.20. The second-order valence-electron chi connectivity index (χ2n) is 8.82. The van der Waals surface area contributed by atoms with Crippen molar-refractivity contribution in [3.8, 4) is 0 Å². The van der Waals surface area contributed by atoms with E-state index in [1.165, 1.54) is 18.2 Å². The van der Waals surface area contributed by atoms with Gasteiger partial charge in [0.1, 0.15) is 0 Å². The molecular weight excluding hydrogens is 334 g/mol. The van der Waals surface area contributed by atoms with Crippen LogP contribution in [0.2, 0.25) is 0 Å². The second kappa shape index (κ2) is 6.78. The molecule has 2 heterocycles. The summed E-state index contributed by atoms with van der Waals surface area (Å²) in [4.78, 5) is 33.8. The van der Waals surface area contributed by atoms with Crippen molar-refractivity contribution in [3.05, 3.63) is 22.1 Å². The number of carbonyl (C=O) groups excluding carboxylic acids is 1. The van der Waals surface area contributed by atoms with Gasteiger partial charge in [-0.15, -0.1) is 0 Å². The van der Waals surface area contributed by atoms with Crippen LogP contribution in [0, 0.1) is 10.8 Å². The Bertz CT molecular complexity index is 715. The number of likely N-dealkylation sites (tertiary alicyclic amines) is 1. The molecule has 0 unspecified atom stereocenters. The van der Waals surface area contributed by atoms with Gasteiger partial charge in [-0.05, 0) is 36.5 Å². The molecule has 2 bridgehead atoms. The average Bonchev–Trinajstić information content (AvgIpc) is 2.73. The van der Waals surface area contributed by atoms with Gasteiger partial charge >= 0.3 is 0 Å². The molecule has 0 aromatic carbocycles. The van der Waals surface area contributed by atoms with Crippen LogP contribution >= 0.6 is 11.8 Å². The van der Waals surface area contributed by atoms with E-state index in [9.17, 15) is 9.59 Å². The minimum absolute atomic E-state index is 0.139. The maximum absolute atomic E-state index is 12.8. The first-order valence-corrected chi connectivity index (χ1v) is 10.2. The van der Waals surface area contributed by atoms with E-state index in [1.54, 1.807) is 6.07 Å². The molecule has 0 spiro atoms. The number of thioether (sulfide) groups is 1. The van der Waals surface area contributed by atoms with Crippen molar-refractivity contribution in [1.29, 1.82) is 0 Å². The predicted octanol–water partition coefficient (Wildman–Crippen LogP) is 3.24. The number of rotatable bonds is 5. The number of nitrogens with zero attached hydrogens (tertiary/aromatic N) is 2. The maximum atomic E-state index is 12.8. The van der Waals surface area contributed by atoms with Gasteiger partial charge in [0.15, 0.2) is 5.16 Å². The highest BCUT2D eigenvalue weighted by Gasteiger charge is 2.50. The Labute approximate surface area is 154 Å². The van der Waals surface area contributed by atoms with E-state index in [0.717, 1.165) is 37.9 Å². The highest BCUT2D eigenvalue weighted by atomic mass is 32.2. The minimum atomic E-state index is -0.139. The molecule has 1 saturated heterocycles. The molecule has 1 aliphatic carbocycles. The SMILES string of the molecule is CCCc1cc(=O)[nH]c(SCC(=O)N2C[C@]3(C)C[C@H]2CC(C)(C)C3)n1. The highest BCUT2D eigenvalue weighted by Crippen LogP contribution is 2.52. The van der Waals surface area contributed by atoms with Gasteiger partial charge in [-0.3, -0.25) is 9.59 Å². The molecule has 5 nitrogen and oxygen atoms in total. The molecule has 2 fully saturated rings. The van der Waals surface area contributed by atoms with E-state index in [2.05, 4.69) is 42.6 Å². The number of aryl methyl sites for hydroxylation is 1. The van der Waals surface area contributed by atoms with Gasteiger partial charge in [0.2, 0.25) is 5.91 Å². The van der Waals surface area contributed by atoms with Crippen LogP contribution in [0.1, 0.15) is 59.1 Å². The number of fused-ring (bicyclic) bond motifs is 2. The fourth-order valence-electron chi connectivity index (χ4n) is 4.90. The lowest BCUT2D eigenvalue weighted by atomic mass is 9.65. The zero-order valence-corrected chi connectivity index (χ0v) is 16.5. The number of aromatic nitrogens is 2. The summed E-state index contributed by atoms with van der Waals surface area (Å²) in [6, 6.07) is 1.90. The second-order valence-corrected chi connectivity index (χ2v) is 9.78. The van der Waals surface area contributed by atoms with Gasteiger partial charge in [0.05, 0.1) is 5.75 Å². The van der Waals surface area contributed by atoms with Crippen LogP contribution in [-0.4, -0.2) is 39.1 Å². The molecule has 0 radical (unpaired) electrons. The summed E-state index contributed by atoms with van der Waals surface area (Å²) in [5.41, 5.74) is 1.22. The Kier molecular flexibility index (Phi) is 5.02. The van der Waals surface area contributed by atoms with Crippen LogP contribution in [0.15, 0.2) is 16.0 Å². The zero-order chi connectivity index (χ0) is 18.2. The molecule has 1 aliphatic heterocycles. The molecule has 1 saturated carbocycles. The predicted molar refractivity (Wildman–Crippen MR) is 101 cm³/mol. The van der Waals surface area contributed by atoms with Crippen molar-refractivity contribution in [2.45, 2.75) is 71.0 Å². The first-order chi connectivity index (χ1) is 11.7. The van der Waals surface area contributed by atoms with Gasteiger partial charge < -0.3 is 9.88 Å². The zero-order valence-electron chi connectivity index (χ0n) is 15.7. The molecule has 1 aromatic rings. The van der Waals surface area contributed by atoms with Gasteiger partial charge in [-0.2, -0.15) is 0 Å². The van der Waals surface area contributed by atoms with E-state index in [0.29, 0.717) is 22.4 Å². The fourth-order valence-corrected chi connectivity index (χ4v) is 5.68. The number of hydrogen-bond donors (Lipinski definition) is 1. The largest absolute Gasteiger partial charge is 0.338 e. The van der Waals surface area contributed by atoms with Crippen LogP contribution in [-0.2, 0) is 11.2 Å². The Morgan fingerprint density at radius 2 is 2.16 bits per heavy atom. The Morgan fingerprint density at radius 1 is 1.40 bits per heavy atom. The number of H-pyrrole nitrogens is 1. The fraction of sp³-hybridized carbons (Fsp3) is 0.737. The monoisotopic (exact) mass is 363 g/mol. The lowest BCUT2D eigenvalue weighted by Crippen LogP contribution is -2.38. The lowest BCUT2D eigenvalue weighted by Gasteiger charge is -2.39. The highest BCUT2D eigenvalue weighted by molar-refractivity contribution is 7.99. The number of nitrogens with one attached hydrogen (secondary N) is 1. The molecule has 2 atom stereocenters. The van der Waals surface area contributed by atoms with E-state index < -0.39 is 0 Å². The first kappa shape index (κ1) is 18.5. The van der Waals surface area contributed by atoms with Crippen LogP contribution < -0.4 is 5.56 Å². The molecular formula is C19H29N3O2S. The first-order valence-electron chi connectivity index (χ1n) is 9.22. The van der Waals surface area contributed by atoms with Crippen molar-refractivity contribution in [2.24, 2.45) is 10.8 Å². The van der Waals surface area contributed by atoms with Gasteiger partial charge in [0, 0.05) is 24.3 Å². The van der Waals surface area contributed by atoms with E-state index in [4.69, 9.17) is 0 Å². The van der Waals surface area contributed by atoms with Crippen molar-refractivity contribution < 1.29 is 4.79 Å². The van der Waals surface area contributed by atoms with E-state index in [1.807, 2.05) is 0 Å². The summed E-state index contributed by atoms with van der Waals surface area (Å²) in [5, 5.41) is 0.554. The Morgan fingerprint density at radius 3 is 2.88 bits per heavy atom. The molecule has 6 heteroatoms. The number of hydrogen-bond acceptors (Lipinski definition) is 4. The lowest BCUT2D eigenvalue weighted by molar-refractivity contribution is -0.129. The van der Waals surface area contributed by atoms with Crippen molar-refractivity contribution >= 4 is 17.7 Å². The molecule has 1 amide bonds. The summed E-state index contributed by atoms with van der Waals surface area (Å²) in [7, 11) is 0. The molecule has 1 aromatic heterocycles. The minimum Gasteiger partial charge on any atom is -0.338 e. The quantitative estimate of drug-likeness (QED) is 0.644. The van der Waals surface area contributed by atoms with E-state index >= 15 is 0 Å². The summed E-state index contributed by atoms with van der Waals surface area (Å²) in [6.45, 7) is 9.86.